The van der Waals surface area contributed by atoms with Crippen molar-refractivity contribution in [3.8, 4) is 5.82 Å². The van der Waals surface area contributed by atoms with Crippen LogP contribution in [0.4, 0.5) is 0 Å². The van der Waals surface area contributed by atoms with Crippen LogP contribution in [-0.2, 0) is 6.42 Å². The molecule has 3 nitrogen and oxygen atoms in total. The van der Waals surface area contributed by atoms with Gasteiger partial charge in [0, 0.05) is 23.6 Å². The first kappa shape index (κ1) is 13.4. The molecular weight excluding hydrogens is 246 g/mol. The summed E-state index contributed by atoms with van der Waals surface area (Å²) in [6.45, 7) is 8.75. The quantitative estimate of drug-likeness (QED) is 0.861. The fourth-order valence-electron chi connectivity index (χ4n) is 3.39. The molecule has 0 spiro atoms. The molecule has 2 heterocycles. The SMILES string of the molecule is Cc1cc(C)nc(-n2ccc3c2CC(C)(C)CC3N)c1. The summed E-state index contributed by atoms with van der Waals surface area (Å²) < 4.78 is 2.22. The lowest BCUT2D eigenvalue weighted by molar-refractivity contribution is 0.278. The number of nitrogens with zero attached hydrogens (tertiary/aromatic N) is 2. The number of nitrogens with two attached hydrogens (primary N) is 1. The molecule has 106 valence electrons. The highest BCUT2D eigenvalue weighted by molar-refractivity contribution is 5.39. The Morgan fingerprint density at radius 2 is 2.05 bits per heavy atom. The predicted octanol–water partition coefficient (Wildman–Crippen LogP) is 3.46. The average Bonchev–Trinajstić information content (AvgIpc) is 2.69. The monoisotopic (exact) mass is 269 g/mol. The fraction of sp³-hybridized carbons (Fsp3) is 0.471. The van der Waals surface area contributed by atoms with Gasteiger partial charge >= 0.3 is 0 Å². The zero-order chi connectivity index (χ0) is 14.5. The molecule has 0 amide bonds. The first-order valence-electron chi connectivity index (χ1n) is 7.27. The molecule has 0 saturated heterocycles. The third-order valence-electron chi connectivity index (χ3n) is 4.18. The maximum Gasteiger partial charge on any atom is 0.137 e. The largest absolute Gasteiger partial charge is 0.324 e. The Morgan fingerprint density at radius 3 is 2.75 bits per heavy atom. The fourth-order valence-corrected chi connectivity index (χ4v) is 3.39. The van der Waals surface area contributed by atoms with Crippen molar-refractivity contribution >= 4 is 0 Å². The lowest BCUT2D eigenvalue weighted by atomic mass is 9.74. The number of hydrogen-bond donors (Lipinski definition) is 1. The van der Waals surface area contributed by atoms with Gasteiger partial charge < -0.3 is 10.3 Å². The molecule has 3 rings (SSSR count). The summed E-state index contributed by atoms with van der Waals surface area (Å²) in [5, 5.41) is 0. The van der Waals surface area contributed by atoms with E-state index >= 15 is 0 Å². The molecule has 0 fully saturated rings. The van der Waals surface area contributed by atoms with E-state index in [9.17, 15) is 0 Å². The molecule has 2 aromatic heterocycles. The van der Waals surface area contributed by atoms with Crippen LogP contribution in [0.5, 0.6) is 0 Å². The first-order valence-corrected chi connectivity index (χ1v) is 7.27. The highest BCUT2D eigenvalue weighted by atomic mass is 15.1. The Bertz CT molecular complexity index is 632. The summed E-state index contributed by atoms with van der Waals surface area (Å²) in [7, 11) is 0. The van der Waals surface area contributed by atoms with Crippen LogP contribution in [0, 0.1) is 19.3 Å². The topological polar surface area (TPSA) is 43.8 Å². The molecule has 20 heavy (non-hydrogen) atoms. The molecule has 1 aliphatic carbocycles. The van der Waals surface area contributed by atoms with E-state index in [1.807, 2.05) is 6.92 Å². The van der Waals surface area contributed by atoms with Gasteiger partial charge in [0.1, 0.15) is 5.82 Å². The number of fused-ring (bicyclic) bond motifs is 1. The summed E-state index contributed by atoms with van der Waals surface area (Å²) in [4.78, 5) is 4.68. The van der Waals surface area contributed by atoms with Crippen molar-refractivity contribution in [3.63, 3.8) is 0 Å². The normalized spacial score (nSPS) is 20.8. The van der Waals surface area contributed by atoms with Crippen LogP contribution in [-0.4, -0.2) is 9.55 Å². The van der Waals surface area contributed by atoms with Crippen LogP contribution in [0.2, 0.25) is 0 Å². The maximum absolute atomic E-state index is 6.34. The summed E-state index contributed by atoms with van der Waals surface area (Å²) in [5.74, 6) is 1.01. The summed E-state index contributed by atoms with van der Waals surface area (Å²) in [5.41, 5.74) is 11.5. The van der Waals surface area contributed by atoms with Crippen molar-refractivity contribution in [2.24, 2.45) is 11.1 Å². The van der Waals surface area contributed by atoms with Crippen LogP contribution in [0.1, 0.15) is 48.8 Å². The average molecular weight is 269 g/mol. The minimum atomic E-state index is 0.140. The number of pyridine rings is 1. The van der Waals surface area contributed by atoms with Crippen molar-refractivity contribution < 1.29 is 0 Å². The lowest BCUT2D eigenvalue weighted by Crippen LogP contribution is -2.30. The van der Waals surface area contributed by atoms with E-state index in [-0.39, 0.29) is 11.5 Å². The van der Waals surface area contributed by atoms with Crippen molar-refractivity contribution in [1.82, 2.24) is 9.55 Å². The van der Waals surface area contributed by atoms with Gasteiger partial charge in [-0.25, -0.2) is 4.98 Å². The summed E-state index contributed by atoms with van der Waals surface area (Å²) >= 11 is 0. The van der Waals surface area contributed by atoms with Crippen molar-refractivity contribution in [2.45, 2.75) is 46.6 Å². The van der Waals surface area contributed by atoms with Gasteiger partial charge in [-0.1, -0.05) is 13.8 Å². The number of aromatic nitrogens is 2. The van der Waals surface area contributed by atoms with Gasteiger partial charge in [0.25, 0.3) is 0 Å². The van der Waals surface area contributed by atoms with E-state index in [1.54, 1.807) is 0 Å². The zero-order valence-electron chi connectivity index (χ0n) is 12.8. The van der Waals surface area contributed by atoms with E-state index in [2.05, 4.69) is 54.7 Å². The molecule has 1 atom stereocenters. The zero-order valence-corrected chi connectivity index (χ0v) is 12.8. The van der Waals surface area contributed by atoms with Gasteiger partial charge in [0.15, 0.2) is 0 Å². The van der Waals surface area contributed by atoms with Gasteiger partial charge in [-0.15, -0.1) is 0 Å². The van der Waals surface area contributed by atoms with E-state index < -0.39 is 0 Å². The van der Waals surface area contributed by atoms with Crippen molar-refractivity contribution in [1.29, 1.82) is 0 Å². The van der Waals surface area contributed by atoms with Crippen molar-refractivity contribution in [2.75, 3.05) is 0 Å². The number of aryl methyl sites for hydroxylation is 2. The Hall–Kier alpha value is -1.61. The second-order valence-electron chi connectivity index (χ2n) is 6.88. The van der Waals surface area contributed by atoms with E-state index in [0.29, 0.717) is 0 Å². The standard InChI is InChI=1S/C17H23N3/c1-11-7-12(2)19-16(8-11)20-6-5-13-14(18)9-17(3,4)10-15(13)20/h5-8,14H,9-10,18H2,1-4H3. The third-order valence-corrected chi connectivity index (χ3v) is 4.18. The Kier molecular flexibility index (Phi) is 2.98. The highest BCUT2D eigenvalue weighted by Gasteiger charge is 2.32. The molecule has 0 aromatic carbocycles. The number of rotatable bonds is 1. The molecule has 3 heteroatoms. The smallest absolute Gasteiger partial charge is 0.137 e. The second-order valence-corrected chi connectivity index (χ2v) is 6.88. The van der Waals surface area contributed by atoms with E-state index in [1.165, 1.54) is 16.8 Å². The van der Waals surface area contributed by atoms with Crippen LogP contribution in [0.3, 0.4) is 0 Å². The van der Waals surface area contributed by atoms with Gasteiger partial charge in [0.2, 0.25) is 0 Å². The third kappa shape index (κ3) is 2.27. The maximum atomic E-state index is 6.34. The van der Waals surface area contributed by atoms with Crippen LogP contribution in [0.25, 0.3) is 5.82 Å². The Morgan fingerprint density at radius 1 is 1.30 bits per heavy atom. The molecule has 0 saturated carbocycles. The highest BCUT2D eigenvalue weighted by Crippen LogP contribution is 2.40. The summed E-state index contributed by atoms with van der Waals surface area (Å²) in [6, 6.07) is 6.55. The second kappa shape index (κ2) is 4.45. The molecule has 1 unspecified atom stereocenters. The van der Waals surface area contributed by atoms with Crippen LogP contribution < -0.4 is 5.73 Å². The predicted molar refractivity (Wildman–Crippen MR) is 82.1 cm³/mol. The molecule has 2 N–H and O–H groups in total. The Balaban J connectivity index is 2.13. The van der Waals surface area contributed by atoms with Gasteiger partial charge in [-0.05, 0) is 61.4 Å². The van der Waals surface area contributed by atoms with Gasteiger partial charge in [-0.2, -0.15) is 0 Å². The van der Waals surface area contributed by atoms with Crippen LogP contribution in [0.15, 0.2) is 24.4 Å². The summed E-state index contributed by atoms with van der Waals surface area (Å²) in [6.07, 6.45) is 4.22. The number of hydrogen-bond acceptors (Lipinski definition) is 2. The van der Waals surface area contributed by atoms with Crippen molar-refractivity contribution in [3.05, 3.63) is 46.9 Å². The molecule has 2 aromatic rings. The molecular formula is C17H23N3. The minimum Gasteiger partial charge on any atom is -0.324 e. The first-order chi connectivity index (χ1) is 9.35. The van der Waals surface area contributed by atoms with Crippen LogP contribution >= 0.6 is 0 Å². The molecule has 0 bridgehead atoms. The minimum absolute atomic E-state index is 0.140. The van der Waals surface area contributed by atoms with Gasteiger partial charge in [-0.3, -0.25) is 0 Å². The van der Waals surface area contributed by atoms with E-state index in [0.717, 1.165) is 24.4 Å². The molecule has 0 radical (unpaired) electrons. The Labute approximate surface area is 120 Å². The lowest BCUT2D eigenvalue weighted by Gasteiger charge is -2.34. The van der Waals surface area contributed by atoms with E-state index in [4.69, 9.17) is 5.73 Å². The van der Waals surface area contributed by atoms with Gasteiger partial charge in [0.05, 0.1) is 0 Å². The molecule has 0 aliphatic heterocycles. The molecule has 1 aliphatic rings.